The minimum atomic E-state index is -0.835. The average Bonchev–Trinajstić information content (AvgIpc) is 2.64. The number of aromatic nitrogens is 2. The zero-order chi connectivity index (χ0) is 19.6. The van der Waals surface area contributed by atoms with Gasteiger partial charge in [-0.05, 0) is 36.1 Å². The molecular weight excluding hydrogens is 340 g/mol. The van der Waals surface area contributed by atoms with Gasteiger partial charge in [-0.3, -0.25) is 4.79 Å². The zero-order valence-electron chi connectivity index (χ0n) is 16.3. The lowest BCUT2D eigenvalue weighted by Gasteiger charge is -2.19. The van der Waals surface area contributed by atoms with Crippen LogP contribution in [0.25, 0.3) is 10.8 Å². The molecule has 0 saturated carbocycles. The predicted molar refractivity (Wildman–Crippen MR) is 107 cm³/mol. The first kappa shape index (κ1) is 19.1. The molecule has 0 aliphatic heterocycles. The normalized spacial score (nSPS) is 12.9. The molecule has 5 nitrogen and oxygen atoms in total. The number of nitrogens with zero attached hydrogens (tertiary/aromatic N) is 2. The summed E-state index contributed by atoms with van der Waals surface area (Å²) in [6.07, 6.45) is -0.835. The van der Waals surface area contributed by atoms with E-state index in [1.165, 1.54) is 10.2 Å². The van der Waals surface area contributed by atoms with Crippen LogP contribution >= 0.6 is 0 Å². The number of hydrogen-bond acceptors (Lipinski definition) is 4. The monoisotopic (exact) mass is 366 g/mol. The number of aryl methyl sites for hydroxylation is 1. The first-order chi connectivity index (χ1) is 12.8. The van der Waals surface area contributed by atoms with Crippen molar-refractivity contribution >= 4 is 10.8 Å². The van der Waals surface area contributed by atoms with Gasteiger partial charge in [0.05, 0.1) is 17.6 Å². The molecule has 0 bridgehead atoms. The number of benzene rings is 2. The molecule has 27 heavy (non-hydrogen) atoms. The molecule has 1 aromatic heterocycles. The number of aliphatic hydroxyl groups excluding tert-OH is 1. The lowest BCUT2D eigenvalue weighted by atomic mass is 9.87. The van der Waals surface area contributed by atoms with Gasteiger partial charge in [0.2, 0.25) is 0 Å². The first-order valence-corrected chi connectivity index (χ1v) is 9.13. The Morgan fingerprint density at radius 1 is 1.07 bits per heavy atom. The Kier molecular flexibility index (Phi) is 5.33. The molecule has 5 heteroatoms. The van der Waals surface area contributed by atoms with Crippen LogP contribution in [0.1, 0.15) is 32.0 Å². The Balaban J connectivity index is 1.68. The van der Waals surface area contributed by atoms with Crippen molar-refractivity contribution in [3.8, 4) is 5.75 Å². The van der Waals surface area contributed by atoms with Gasteiger partial charge in [0.25, 0.3) is 5.56 Å². The van der Waals surface area contributed by atoms with Gasteiger partial charge in [-0.1, -0.05) is 51.1 Å². The number of aliphatic hydroxyl groups is 1. The van der Waals surface area contributed by atoms with Gasteiger partial charge in [-0.2, -0.15) is 5.10 Å². The molecule has 0 aliphatic carbocycles. The van der Waals surface area contributed by atoms with E-state index in [1.54, 1.807) is 6.07 Å². The highest BCUT2D eigenvalue weighted by Crippen LogP contribution is 2.24. The lowest BCUT2D eigenvalue weighted by Crippen LogP contribution is -2.32. The molecule has 0 saturated heterocycles. The Morgan fingerprint density at radius 2 is 1.70 bits per heavy atom. The standard InChI is InChI=1S/C22H26N2O3/c1-15-19-7-5-6-8-20(19)21(26)24(23-15)13-17(25)14-27-18-11-9-16(10-12-18)22(2,3)4/h5-12,17,25H,13-14H2,1-4H3. The number of ether oxygens (including phenoxy) is 1. The topological polar surface area (TPSA) is 64.3 Å². The molecule has 0 amide bonds. The molecule has 0 spiro atoms. The quantitative estimate of drug-likeness (QED) is 0.751. The summed E-state index contributed by atoms with van der Waals surface area (Å²) in [6, 6.07) is 15.2. The van der Waals surface area contributed by atoms with E-state index in [0.717, 1.165) is 11.1 Å². The smallest absolute Gasteiger partial charge is 0.274 e. The van der Waals surface area contributed by atoms with E-state index < -0.39 is 6.10 Å². The van der Waals surface area contributed by atoms with Gasteiger partial charge < -0.3 is 9.84 Å². The highest BCUT2D eigenvalue weighted by molar-refractivity contribution is 5.83. The molecule has 0 radical (unpaired) electrons. The van der Waals surface area contributed by atoms with E-state index in [1.807, 2.05) is 49.4 Å². The molecule has 0 aliphatic rings. The van der Waals surface area contributed by atoms with Crippen molar-refractivity contribution in [1.29, 1.82) is 0 Å². The second-order valence-corrected chi connectivity index (χ2v) is 7.86. The van der Waals surface area contributed by atoms with Crippen molar-refractivity contribution < 1.29 is 9.84 Å². The maximum atomic E-state index is 12.6. The zero-order valence-corrected chi connectivity index (χ0v) is 16.3. The molecule has 0 fully saturated rings. The Bertz CT molecular complexity index is 985. The minimum absolute atomic E-state index is 0.0822. The number of fused-ring (bicyclic) bond motifs is 1. The Labute approximate surface area is 159 Å². The van der Waals surface area contributed by atoms with Crippen LogP contribution in [-0.4, -0.2) is 27.6 Å². The third-order valence-corrected chi connectivity index (χ3v) is 4.60. The Hall–Kier alpha value is -2.66. The van der Waals surface area contributed by atoms with Gasteiger partial charge in [-0.15, -0.1) is 0 Å². The SMILES string of the molecule is Cc1nn(CC(O)COc2ccc(C(C)(C)C)cc2)c(=O)c2ccccc12. The van der Waals surface area contributed by atoms with Gasteiger partial charge in [-0.25, -0.2) is 4.68 Å². The van der Waals surface area contributed by atoms with Crippen LogP contribution in [0.2, 0.25) is 0 Å². The summed E-state index contributed by atoms with van der Waals surface area (Å²) in [7, 11) is 0. The van der Waals surface area contributed by atoms with Crippen LogP contribution in [0.4, 0.5) is 0 Å². The van der Waals surface area contributed by atoms with Crippen LogP contribution in [0.3, 0.4) is 0 Å². The van der Waals surface area contributed by atoms with Gasteiger partial charge in [0.15, 0.2) is 0 Å². The van der Waals surface area contributed by atoms with Crippen LogP contribution in [0.5, 0.6) is 5.75 Å². The molecular formula is C22H26N2O3. The van der Waals surface area contributed by atoms with Crippen LogP contribution in [0.15, 0.2) is 53.3 Å². The van der Waals surface area contributed by atoms with E-state index in [-0.39, 0.29) is 24.1 Å². The average molecular weight is 366 g/mol. The summed E-state index contributed by atoms with van der Waals surface area (Å²) in [5.41, 5.74) is 1.86. The fourth-order valence-electron chi connectivity index (χ4n) is 3.02. The second-order valence-electron chi connectivity index (χ2n) is 7.86. The van der Waals surface area contributed by atoms with Crippen molar-refractivity contribution in [2.75, 3.05) is 6.61 Å². The molecule has 1 unspecified atom stereocenters. The fourth-order valence-corrected chi connectivity index (χ4v) is 3.02. The maximum absolute atomic E-state index is 12.6. The van der Waals surface area contributed by atoms with Crippen LogP contribution in [-0.2, 0) is 12.0 Å². The number of rotatable bonds is 5. The van der Waals surface area contributed by atoms with Crippen molar-refractivity contribution in [3.05, 3.63) is 70.1 Å². The van der Waals surface area contributed by atoms with Crippen molar-refractivity contribution in [3.63, 3.8) is 0 Å². The van der Waals surface area contributed by atoms with Crippen LogP contribution in [0, 0.1) is 6.92 Å². The summed E-state index contributed by atoms with van der Waals surface area (Å²) in [5.74, 6) is 0.692. The molecule has 1 atom stereocenters. The van der Waals surface area contributed by atoms with E-state index in [2.05, 4.69) is 25.9 Å². The van der Waals surface area contributed by atoms with E-state index in [0.29, 0.717) is 11.1 Å². The summed E-state index contributed by atoms with van der Waals surface area (Å²) >= 11 is 0. The molecule has 142 valence electrons. The summed E-state index contributed by atoms with van der Waals surface area (Å²) in [6.45, 7) is 8.51. The van der Waals surface area contributed by atoms with Gasteiger partial charge in [0.1, 0.15) is 18.5 Å². The summed E-state index contributed by atoms with van der Waals surface area (Å²) in [4.78, 5) is 12.6. The Morgan fingerprint density at radius 3 is 2.33 bits per heavy atom. The molecule has 1 N–H and O–H groups in total. The van der Waals surface area contributed by atoms with Crippen molar-refractivity contribution in [2.45, 2.75) is 45.8 Å². The molecule has 3 rings (SSSR count). The summed E-state index contributed by atoms with van der Waals surface area (Å²) in [5, 5.41) is 16.1. The van der Waals surface area contributed by atoms with E-state index in [9.17, 15) is 9.90 Å². The van der Waals surface area contributed by atoms with Crippen molar-refractivity contribution in [2.24, 2.45) is 0 Å². The highest BCUT2D eigenvalue weighted by Gasteiger charge is 2.14. The lowest BCUT2D eigenvalue weighted by molar-refractivity contribution is 0.0880. The van der Waals surface area contributed by atoms with Gasteiger partial charge in [0, 0.05) is 5.39 Å². The molecule has 1 heterocycles. The largest absolute Gasteiger partial charge is 0.491 e. The summed E-state index contributed by atoms with van der Waals surface area (Å²) < 4.78 is 6.99. The highest BCUT2D eigenvalue weighted by atomic mass is 16.5. The predicted octanol–water partition coefficient (Wildman–Crippen LogP) is 3.44. The first-order valence-electron chi connectivity index (χ1n) is 9.13. The second kappa shape index (κ2) is 7.53. The van der Waals surface area contributed by atoms with Crippen molar-refractivity contribution in [1.82, 2.24) is 9.78 Å². The molecule has 3 aromatic rings. The maximum Gasteiger partial charge on any atom is 0.274 e. The third kappa shape index (κ3) is 4.37. The third-order valence-electron chi connectivity index (χ3n) is 4.60. The van der Waals surface area contributed by atoms with E-state index in [4.69, 9.17) is 4.74 Å². The van der Waals surface area contributed by atoms with E-state index >= 15 is 0 Å². The van der Waals surface area contributed by atoms with Crippen LogP contribution < -0.4 is 10.3 Å². The number of hydrogen-bond donors (Lipinski definition) is 1. The minimum Gasteiger partial charge on any atom is -0.491 e. The van der Waals surface area contributed by atoms with Gasteiger partial charge >= 0.3 is 0 Å². The fraction of sp³-hybridized carbons (Fsp3) is 0.364. The molecule has 2 aromatic carbocycles.